The Labute approximate surface area is 224 Å². The molecule has 0 aromatic carbocycles. The van der Waals surface area contributed by atoms with Gasteiger partial charge in [-0.15, -0.1) is 0 Å². The van der Waals surface area contributed by atoms with Crippen LogP contribution in [0.4, 0.5) is 0 Å². The smallest absolute Gasteiger partial charge is 0.389 e. The maximum Gasteiger partial charge on any atom is 0.389 e. The van der Waals surface area contributed by atoms with E-state index in [1.54, 1.807) is 0 Å². The zero-order chi connectivity index (χ0) is 28.1. The van der Waals surface area contributed by atoms with Gasteiger partial charge in [-0.3, -0.25) is 37.7 Å². The third-order valence-electron chi connectivity index (χ3n) is 6.96. The molecule has 39 heavy (non-hydrogen) atoms. The highest BCUT2D eigenvalue weighted by Crippen LogP contribution is 2.66. The Morgan fingerprint density at radius 2 is 1.62 bits per heavy atom. The molecule has 3 fully saturated rings. The van der Waals surface area contributed by atoms with Crippen molar-refractivity contribution >= 4 is 18.2 Å². The predicted molar refractivity (Wildman–Crippen MR) is 137 cm³/mol. The summed E-state index contributed by atoms with van der Waals surface area (Å²) in [6, 6.07) is 0. The molecule has 0 unspecified atom stereocenters. The van der Waals surface area contributed by atoms with Gasteiger partial charge in [-0.05, 0) is 31.7 Å². The summed E-state index contributed by atoms with van der Waals surface area (Å²) in [4.78, 5) is 52.4. The van der Waals surface area contributed by atoms with Crippen molar-refractivity contribution in [3.8, 4) is 0 Å². The topological polar surface area (TPSA) is 204 Å². The summed E-state index contributed by atoms with van der Waals surface area (Å²) in [5.41, 5.74) is -1.83. The van der Waals surface area contributed by atoms with Crippen molar-refractivity contribution in [1.29, 1.82) is 0 Å². The summed E-state index contributed by atoms with van der Waals surface area (Å²) in [6.07, 6.45) is -3.19. The summed E-state index contributed by atoms with van der Waals surface area (Å²) in [6.45, 7) is -1.25. The van der Waals surface area contributed by atoms with Gasteiger partial charge in [0.05, 0.1) is 18.8 Å². The van der Waals surface area contributed by atoms with Crippen LogP contribution in [0.5, 0.6) is 0 Å². The first-order chi connectivity index (χ1) is 18.5. The number of aromatic amines is 2. The van der Waals surface area contributed by atoms with E-state index in [0.717, 1.165) is 11.4 Å². The summed E-state index contributed by atoms with van der Waals surface area (Å²) < 4.78 is 39.4. The number of aliphatic hydroxyl groups excluding tert-OH is 2. The Morgan fingerprint density at radius 3 is 2.21 bits per heavy atom. The molecule has 3 aliphatic heterocycles. The maximum atomic E-state index is 13.7. The summed E-state index contributed by atoms with van der Waals surface area (Å²) in [5.74, 6) is 0.357. The van der Waals surface area contributed by atoms with Gasteiger partial charge in [-0.1, -0.05) is 0 Å². The fourth-order valence-corrected chi connectivity index (χ4v) is 8.76. The van der Waals surface area contributed by atoms with Gasteiger partial charge in [-0.25, -0.2) is 14.2 Å². The number of hydrogen-bond acceptors (Lipinski definition) is 12. The fraction of sp³-hybridized carbons (Fsp3) is 0.636. The molecule has 0 spiro atoms. The number of nitrogens with zero attached hydrogens (tertiary/aromatic N) is 2. The first-order valence-corrected chi connectivity index (χ1v) is 15.5. The van der Waals surface area contributed by atoms with Crippen LogP contribution < -0.4 is 22.5 Å². The SMILES string of the molecule is Cc1cn([C@H]2C[C@H](O)[C@@H]([C@@H]3CCS[P@](=O)(O[C@H]4C[C@H](n5cc(C)c(=O)[nH]c5=O)O[C@@H]4CO)O3)O2)c(=O)[nH]c1=O. The number of rotatable bonds is 6. The molecule has 2 aromatic heterocycles. The lowest BCUT2D eigenvalue weighted by molar-refractivity contribution is -0.0812. The minimum Gasteiger partial charge on any atom is -0.394 e. The number of aromatic nitrogens is 4. The molecule has 17 heteroatoms. The van der Waals surface area contributed by atoms with Crippen molar-refractivity contribution < 1.29 is 33.3 Å². The van der Waals surface area contributed by atoms with Crippen LogP contribution in [-0.4, -0.2) is 72.2 Å². The first-order valence-electron chi connectivity index (χ1n) is 12.3. The van der Waals surface area contributed by atoms with Gasteiger partial charge in [0.2, 0.25) is 0 Å². The van der Waals surface area contributed by atoms with Crippen LogP contribution >= 0.6 is 18.2 Å². The minimum atomic E-state index is -3.84. The van der Waals surface area contributed by atoms with Crippen LogP contribution in [0.2, 0.25) is 0 Å². The molecule has 0 radical (unpaired) electrons. The van der Waals surface area contributed by atoms with Gasteiger partial charge in [0.15, 0.2) is 0 Å². The standard InChI is InChI=1S/C22H29N4O11PS/c1-10-7-25(21(31)23-19(10)29)16-5-12(28)18(35-16)13-3-4-39-38(33,36-13)37-14-6-17(34-15(14)9-27)26-8-11(2)20(30)24-22(26)32/h7-8,12-18,27-28H,3-6,9H2,1-2H3,(H,23,29,31)(H,24,30,32)/t12-,13-,14-,15+,16+,17+,18-,38-/m0/s1. The van der Waals surface area contributed by atoms with Crippen LogP contribution in [0.25, 0.3) is 0 Å². The van der Waals surface area contributed by atoms with Gasteiger partial charge >= 0.3 is 18.2 Å². The van der Waals surface area contributed by atoms with Crippen LogP contribution in [0, 0.1) is 13.8 Å². The normalized spacial score (nSPS) is 34.9. The second-order valence-corrected chi connectivity index (χ2v) is 13.8. The summed E-state index contributed by atoms with van der Waals surface area (Å²) >= 11 is 0.962. The zero-order valence-electron chi connectivity index (χ0n) is 21.1. The second-order valence-electron chi connectivity index (χ2n) is 9.72. The molecule has 4 N–H and O–H groups in total. The van der Waals surface area contributed by atoms with Crippen LogP contribution in [0.15, 0.2) is 31.6 Å². The molecule has 0 aliphatic carbocycles. The average molecular weight is 589 g/mol. The maximum absolute atomic E-state index is 13.7. The zero-order valence-corrected chi connectivity index (χ0v) is 22.8. The van der Waals surface area contributed by atoms with Gasteiger partial charge in [0.25, 0.3) is 11.1 Å². The summed E-state index contributed by atoms with van der Waals surface area (Å²) in [7, 11) is 0. The second kappa shape index (κ2) is 10.9. The van der Waals surface area contributed by atoms with Crippen molar-refractivity contribution in [2.24, 2.45) is 0 Å². The molecule has 5 rings (SSSR count). The van der Waals surface area contributed by atoms with Crippen LogP contribution in [0.1, 0.15) is 42.8 Å². The van der Waals surface area contributed by atoms with Crippen LogP contribution in [0.3, 0.4) is 0 Å². The Kier molecular flexibility index (Phi) is 7.92. The molecule has 214 valence electrons. The lowest BCUT2D eigenvalue weighted by atomic mass is 10.1. The van der Waals surface area contributed by atoms with Crippen molar-refractivity contribution in [1.82, 2.24) is 19.1 Å². The quantitative estimate of drug-likeness (QED) is 0.320. The highest BCUT2D eigenvalue weighted by Gasteiger charge is 2.49. The number of H-pyrrole nitrogens is 2. The monoisotopic (exact) mass is 588 g/mol. The van der Waals surface area contributed by atoms with E-state index in [0.29, 0.717) is 17.7 Å². The van der Waals surface area contributed by atoms with E-state index in [-0.39, 0.29) is 18.4 Å². The molecular formula is C22H29N4O11PS. The van der Waals surface area contributed by atoms with E-state index in [1.807, 2.05) is 0 Å². The Hall–Kier alpha value is -2.30. The van der Waals surface area contributed by atoms with E-state index < -0.39 is 78.9 Å². The molecule has 8 atom stereocenters. The van der Waals surface area contributed by atoms with Crippen molar-refractivity contribution in [2.45, 2.75) is 76.1 Å². The Bertz CT molecular complexity index is 1520. The van der Waals surface area contributed by atoms with E-state index in [9.17, 15) is 34.0 Å². The summed E-state index contributed by atoms with van der Waals surface area (Å²) in [5, 5.41) is 20.6. The van der Waals surface area contributed by atoms with Crippen LogP contribution in [-0.2, 0) is 23.1 Å². The third kappa shape index (κ3) is 5.65. The van der Waals surface area contributed by atoms with Gasteiger partial charge in [0.1, 0.15) is 30.8 Å². The predicted octanol–water partition coefficient (Wildman–Crippen LogP) is -0.353. The third-order valence-corrected chi connectivity index (χ3v) is 10.8. The lowest BCUT2D eigenvalue weighted by Gasteiger charge is -2.34. The number of ether oxygens (including phenoxy) is 2. The molecule has 5 heterocycles. The largest absolute Gasteiger partial charge is 0.394 e. The van der Waals surface area contributed by atoms with Crippen molar-refractivity contribution in [3.63, 3.8) is 0 Å². The van der Waals surface area contributed by atoms with Crippen molar-refractivity contribution in [2.75, 3.05) is 12.4 Å². The minimum absolute atomic E-state index is 0.0479. The van der Waals surface area contributed by atoms with Gasteiger partial charge < -0.3 is 19.7 Å². The van der Waals surface area contributed by atoms with Gasteiger partial charge in [-0.2, -0.15) is 0 Å². The van der Waals surface area contributed by atoms with Crippen molar-refractivity contribution in [3.05, 3.63) is 65.2 Å². The highest BCUT2D eigenvalue weighted by molar-refractivity contribution is 8.55. The molecule has 3 saturated heterocycles. The molecule has 0 saturated carbocycles. The molecule has 0 bridgehead atoms. The van der Waals surface area contributed by atoms with Gasteiger partial charge in [0, 0.05) is 42.1 Å². The molecule has 2 aromatic rings. The van der Waals surface area contributed by atoms with E-state index in [2.05, 4.69) is 9.97 Å². The molecule has 15 nitrogen and oxygen atoms in total. The Morgan fingerprint density at radius 1 is 1.03 bits per heavy atom. The van der Waals surface area contributed by atoms with E-state index >= 15 is 0 Å². The first kappa shape index (κ1) is 28.2. The number of aliphatic hydroxyl groups is 2. The van der Waals surface area contributed by atoms with E-state index in [4.69, 9.17) is 18.5 Å². The lowest BCUT2D eigenvalue weighted by Crippen LogP contribution is -2.39. The number of hydrogen-bond donors (Lipinski definition) is 4. The fourth-order valence-electron chi connectivity index (χ4n) is 4.90. The molecule has 0 amide bonds. The highest BCUT2D eigenvalue weighted by atomic mass is 32.7. The van der Waals surface area contributed by atoms with E-state index in [1.165, 1.54) is 35.4 Å². The molecular weight excluding hydrogens is 559 g/mol. The average Bonchev–Trinajstić information content (AvgIpc) is 3.46. The number of aryl methyl sites for hydroxylation is 2. The molecule has 3 aliphatic rings. The number of nitrogens with one attached hydrogen (secondary N) is 2. The Balaban J connectivity index is 1.29.